The molecule has 5 fully saturated rings. The summed E-state index contributed by atoms with van der Waals surface area (Å²) in [6.07, 6.45) is 9.83. The first-order valence-corrected chi connectivity index (χ1v) is 7.49. The molecule has 0 heterocycles. The first-order chi connectivity index (χ1) is 8.33. The third-order valence-electron chi connectivity index (χ3n) is 5.82. The van der Waals surface area contributed by atoms with Gasteiger partial charge in [0.15, 0.2) is 0 Å². The zero-order chi connectivity index (χ0) is 11.4. The molecule has 5 saturated carbocycles. The number of hydrogen-bond acceptors (Lipinski definition) is 2. The van der Waals surface area contributed by atoms with E-state index in [-0.39, 0.29) is 6.04 Å². The molecule has 0 aromatic rings. The molecule has 1 atom stereocenters. The van der Waals surface area contributed by atoms with Crippen LogP contribution in [0.4, 0.5) is 0 Å². The van der Waals surface area contributed by atoms with E-state index in [9.17, 15) is 5.26 Å². The molecule has 0 aliphatic heterocycles. The molecule has 1 unspecified atom stereocenters. The maximum Gasteiger partial charge on any atom is 0.0988 e. The van der Waals surface area contributed by atoms with Gasteiger partial charge in [0.25, 0.3) is 0 Å². The van der Waals surface area contributed by atoms with Crippen LogP contribution in [0.15, 0.2) is 0 Å². The summed E-state index contributed by atoms with van der Waals surface area (Å²) in [5, 5.41) is 13.1. The van der Waals surface area contributed by atoms with Crippen LogP contribution in [0.1, 0.15) is 44.9 Å². The van der Waals surface area contributed by atoms with Gasteiger partial charge in [0.2, 0.25) is 0 Å². The Bertz CT molecular complexity index is 324. The minimum Gasteiger partial charge on any atom is -0.299 e. The summed E-state index contributed by atoms with van der Waals surface area (Å²) in [6, 6.07) is 3.43. The minimum absolute atomic E-state index is 0.164. The van der Waals surface area contributed by atoms with Crippen molar-refractivity contribution >= 4 is 0 Å². The lowest BCUT2D eigenvalue weighted by atomic mass is 9.50. The Hall–Kier alpha value is -0.550. The summed E-state index contributed by atoms with van der Waals surface area (Å²) in [5.74, 6) is 4.49. The van der Waals surface area contributed by atoms with Crippen molar-refractivity contribution in [2.75, 3.05) is 0 Å². The lowest BCUT2D eigenvalue weighted by Gasteiger charge is -2.55. The fourth-order valence-electron chi connectivity index (χ4n) is 5.25. The minimum atomic E-state index is 0.164. The number of nitrogens with one attached hydrogen (secondary N) is 1. The highest BCUT2D eigenvalue weighted by Gasteiger charge is 2.51. The van der Waals surface area contributed by atoms with Crippen LogP contribution >= 0.6 is 0 Å². The molecular weight excluding hydrogens is 208 g/mol. The van der Waals surface area contributed by atoms with Crippen LogP contribution < -0.4 is 5.32 Å². The zero-order valence-electron chi connectivity index (χ0n) is 10.4. The molecule has 0 saturated heterocycles. The van der Waals surface area contributed by atoms with E-state index in [1.54, 1.807) is 0 Å². The van der Waals surface area contributed by atoms with Crippen LogP contribution in [0, 0.1) is 40.9 Å². The molecule has 2 heteroatoms. The van der Waals surface area contributed by atoms with Crippen LogP contribution in [-0.4, -0.2) is 12.1 Å². The molecule has 5 aliphatic carbocycles. The van der Waals surface area contributed by atoms with Crippen molar-refractivity contribution in [2.24, 2.45) is 29.6 Å². The van der Waals surface area contributed by atoms with Gasteiger partial charge in [-0.25, -0.2) is 0 Å². The van der Waals surface area contributed by atoms with E-state index in [1.165, 1.54) is 44.9 Å². The molecule has 0 radical (unpaired) electrons. The normalized spacial score (nSPS) is 49.0. The standard InChI is InChI=1S/C15H22N2/c16-8-14(17-13-1-2-13)15-11-4-9-3-10(6-11)7-12(15)5-9/h9-15,17H,1-7H2. The summed E-state index contributed by atoms with van der Waals surface area (Å²) in [6.45, 7) is 0. The molecular formula is C15H22N2. The Balaban J connectivity index is 1.54. The summed E-state index contributed by atoms with van der Waals surface area (Å²) in [4.78, 5) is 0. The van der Waals surface area contributed by atoms with Gasteiger partial charge in [-0.05, 0) is 74.5 Å². The van der Waals surface area contributed by atoms with Gasteiger partial charge in [0, 0.05) is 6.04 Å². The first kappa shape index (κ1) is 10.4. The zero-order valence-corrected chi connectivity index (χ0v) is 10.4. The summed E-state index contributed by atoms with van der Waals surface area (Å²) < 4.78 is 0. The van der Waals surface area contributed by atoms with E-state index in [0.29, 0.717) is 12.0 Å². The van der Waals surface area contributed by atoms with Crippen molar-refractivity contribution in [2.45, 2.75) is 57.0 Å². The predicted molar refractivity (Wildman–Crippen MR) is 66.1 cm³/mol. The van der Waals surface area contributed by atoms with E-state index in [4.69, 9.17) is 0 Å². The number of rotatable bonds is 3. The Kier molecular flexibility index (Phi) is 2.27. The maximum absolute atomic E-state index is 9.47. The van der Waals surface area contributed by atoms with Crippen LogP contribution in [0.3, 0.4) is 0 Å². The molecule has 0 aromatic heterocycles. The Labute approximate surface area is 104 Å². The van der Waals surface area contributed by atoms with Crippen LogP contribution in [0.2, 0.25) is 0 Å². The second-order valence-electron chi connectivity index (χ2n) is 7.06. The molecule has 5 aliphatic rings. The third-order valence-corrected chi connectivity index (χ3v) is 5.82. The maximum atomic E-state index is 9.47. The van der Waals surface area contributed by atoms with Gasteiger partial charge in [-0.3, -0.25) is 5.32 Å². The molecule has 2 nitrogen and oxygen atoms in total. The lowest BCUT2D eigenvalue weighted by Crippen LogP contribution is -2.52. The van der Waals surface area contributed by atoms with E-state index >= 15 is 0 Å². The highest BCUT2D eigenvalue weighted by atomic mass is 15.0. The second-order valence-corrected chi connectivity index (χ2v) is 7.06. The quantitative estimate of drug-likeness (QED) is 0.809. The van der Waals surface area contributed by atoms with E-state index in [2.05, 4.69) is 11.4 Å². The monoisotopic (exact) mass is 230 g/mol. The highest BCUT2D eigenvalue weighted by molar-refractivity contribution is 5.08. The lowest BCUT2D eigenvalue weighted by molar-refractivity contribution is -0.0445. The Morgan fingerprint density at radius 3 is 2.00 bits per heavy atom. The largest absolute Gasteiger partial charge is 0.299 e. The number of nitrogens with zero attached hydrogens (tertiary/aromatic N) is 1. The smallest absolute Gasteiger partial charge is 0.0988 e. The second kappa shape index (κ2) is 3.72. The molecule has 5 rings (SSSR count). The summed E-state index contributed by atoms with van der Waals surface area (Å²) >= 11 is 0. The molecule has 4 bridgehead atoms. The van der Waals surface area contributed by atoms with Gasteiger partial charge in [0.05, 0.1) is 12.1 Å². The van der Waals surface area contributed by atoms with Crippen molar-refractivity contribution < 1.29 is 0 Å². The van der Waals surface area contributed by atoms with Gasteiger partial charge in [-0.15, -0.1) is 0 Å². The molecule has 17 heavy (non-hydrogen) atoms. The number of nitriles is 1. The summed E-state index contributed by atoms with van der Waals surface area (Å²) in [7, 11) is 0. The van der Waals surface area contributed by atoms with Gasteiger partial charge < -0.3 is 0 Å². The third kappa shape index (κ3) is 1.71. The molecule has 0 spiro atoms. The predicted octanol–water partition coefficient (Wildman–Crippen LogP) is 2.70. The first-order valence-electron chi connectivity index (χ1n) is 7.49. The van der Waals surface area contributed by atoms with Crippen molar-refractivity contribution in [1.82, 2.24) is 5.32 Å². The number of hydrogen-bond donors (Lipinski definition) is 1. The molecule has 0 aromatic carbocycles. The van der Waals surface area contributed by atoms with Crippen molar-refractivity contribution in [3.05, 3.63) is 0 Å². The topological polar surface area (TPSA) is 35.8 Å². The van der Waals surface area contributed by atoms with Crippen molar-refractivity contribution in [3.8, 4) is 6.07 Å². The van der Waals surface area contributed by atoms with E-state index < -0.39 is 0 Å². The summed E-state index contributed by atoms with van der Waals surface area (Å²) in [5.41, 5.74) is 0. The van der Waals surface area contributed by atoms with Gasteiger partial charge in [-0.2, -0.15) is 5.26 Å². The van der Waals surface area contributed by atoms with Crippen LogP contribution in [0.5, 0.6) is 0 Å². The molecule has 1 N–H and O–H groups in total. The molecule has 0 amide bonds. The van der Waals surface area contributed by atoms with Gasteiger partial charge >= 0.3 is 0 Å². The fraction of sp³-hybridized carbons (Fsp3) is 0.933. The SMILES string of the molecule is N#CC(NC1CC1)C1C2CC3CC(C2)CC1C3. The van der Waals surface area contributed by atoms with E-state index in [1.807, 2.05) is 0 Å². The van der Waals surface area contributed by atoms with Gasteiger partial charge in [-0.1, -0.05) is 0 Å². The Morgan fingerprint density at radius 2 is 1.53 bits per heavy atom. The van der Waals surface area contributed by atoms with Crippen molar-refractivity contribution in [3.63, 3.8) is 0 Å². The average Bonchev–Trinajstić information content (AvgIpc) is 3.10. The van der Waals surface area contributed by atoms with Crippen LogP contribution in [-0.2, 0) is 0 Å². The van der Waals surface area contributed by atoms with Crippen LogP contribution in [0.25, 0.3) is 0 Å². The van der Waals surface area contributed by atoms with Gasteiger partial charge in [0.1, 0.15) is 0 Å². The van der Waals surface area contributed by atoms with E-state index in [0.717, 1.165) is 23.7 Å². The Morgan fingerprint density at radius 1 is 0.941 bits per heavy atom. The molecule has 92 valence electrons. The fourth-order valence-corrected chi connectivity index (χ4v) is 5.25. The highest BCUT2D eigenvalue weighted by Crippen LogP contribution is 2.57. The average molecular weight is 230 g/mol. The van der Waals surface area contributed by atoms with Crippen molar-refractivity contribution in [1.29, 1.82) is 5.26 Å².